The molecular weight excluding hydrogens is 236 g/mol. The summed E-state index contributed by atoms with van der Waals surface area (Å²) in [5, 5.41) is 0. The maximum absolute atomic E-state index is 6.67. The standard InChI is InChI=1S/C16H18N2O/c1-11-5-6-13(10-12(11)2)16(17)7-9-19-14-4-3-8-18-15(14)16/h3-6,8,10H,7,9,17H2,1-2H3/t16-/m0/s1. The third-order valence-corrected chi connectivity index (χ3v) is 3.97. The van der Waals surface area contributed by atoms with E-state index < -0.39 is 5.54 Å². The van der Waals surface area contributed by atoms with Gasteiger partial charge in [0.25, 0.3) is 0 Å². The van der Waals surface area contributed by atoms with Crippen LogP contribution in [0.5, 0.6) is 5.75 Å². The Kier molecular flexibility index (Phi) is 2.79. The molecule has 0 fully saturated rings. The molecule has 3 rings (SSSR count). The molecule has 1 aromatic heterocycles. The van der Waals surface area contributed by atoms with Gasteiger partial charge in [0.2, 0.25) is 0 Å². The van der Waals surface area contributed by atoms with E-state index in [1.54, 1.807) is 6.20 Å². The van der Waals surface area contributed by atoms with E-state index in [4.69, 9.17) is 10.5 Å². The number of pyridine rings is 1. The van der Waals surface area contributed by atoms with Crippen LogP contribution in [0.15, 0.2) is 36.5 Å². The zero-order valence-corrected chi connectivity index (χ0v) is 11.3. The highest BCUT2D eigenvalue weighted by atomic mass is 16.5. The van der Waals surface area contributed by atoms with Crippen molar-refractivity contribution in [1.29, 1.82) is 0 Å². The van der Waals surface area contributed by atoms with Gasteiger partial charge in [-0.1, -0.05) is 18.2 Å². The quantitative estimate of drug-likeness (QED) is 0.851. The minimum atomic E-state index is -0.548. The molecule has 1 aromatic carbocycles. The minimum absolute atomic E-state index is 0.548. The van der Waals surface area contributed by atoms with Crippen LogP contribution in [-0.2, 0) is 5.54 Å². The summed E-state index contributed by atoms with van der Waals surface area (Å²) in [7, 11) is 0. The van der Waals surface area contributed by atoms with Gasteiger partial charge in [0.1, 0.15) is 11.4 Å². The fourth-order valence-electron chi connectivity index (χ4n) is 2.58. The van der Waals surface area contributed by atoms with E-state index in [2.05, 4.69) is 37.0 Å². The molecule has 0 unspecified atom stereocenters. The average molecular weight is 254 g/mol. The van der Waals surface area contributed by atoms with Gasteiger partial charge < -0.3 is 10.5 Å². The second kappa shape index (κ2) is 4.35. The normalized spacial score (nSPS) is 21.6. The summed E-state index contributed by atoms with van der Waals surface area (Å²) < 4.78 is 5.65. The van der Waals surface area contributed by atoms with Crippen molar-refractivity contribution in [3.63, 3.8) is 0 Å². The van der Waals surface area contributed by atoms with Gasteiger partial charge in [-0.3, -0.25) is 4.98 Å². The highest BCUT2D eigenvalue weighted by Gasteiger charge is 2.37. The molecule has 0 saturated carbocycles. The highest BCUT2D eigenvalue weighted by Crippen LogP contribution is 2.38. The molecule has 0 radical (unpaired) electrons. The van der Waals surface area contributed by atoms with Crippen molar-refractivity contribution >= 4 is 0 Å². The van der Waals surface area contributed by atoms with Crippen molar-refractivity contribution in [1.82, 2.24) is 4.98 Å². The summed E-state index contributed by atoms with van der Waals surface area (Å²) in [6, 6.07) is 10.2. The second-order valence-electron chi connectivity index (χ2n) is 5.22. The van der Waals surface area contributed by atoms with E-state index in [9.17, 15) is 0 Å². The number of benzene rings is 1. The molecule has 0 bridgehead atoms. The van der Waals surface area contributed by atoms with Crippen molar-refractivity contribution in [2.45, 2.75) is 25.8 Å². The lowest BCUT2D eigenvalue weighted by Crippen LogP contribution is -2.43. The Bertz CT molecular complexity index is 624. The molecular formula is C16H18N2O. The van der Waals surface area contributed by atoms with E-state index in [0.29, 0.717) is 6.61 Å². The monoisotopic (exact) mass is 254 g/mol. The van der Waals surface area contributed by atoms with Gasteiger partial charge in [0.05, 0.1) is 12.1 Å². The third kappa shape index (κ3) is 1.90. The number of hydrogen-bond donors (Lipinski definition) is 1. The maximum Gasteiger partial charge on any atom is 0.143 e. The smallest absolute Gasteiger partial charge is 0.143 e. The first-order valence-corrected chi connectivity index (χ1v) is 6.56. The summed E-state index contributed by atoms with van der Waals surface area (Å²) in [5.41, 5.74) is 10.6. The first kappa shape index (κ1) is 12.2. The van der Waals surface area contributed by atoms with Crippen LogP contribution in [0.1, 0.15) is 28.8 Å². The molecule has 2 aromatic rings. The summed E-state index contributed by atoms with van der Waals surface area (Å²) in [6.45, 7) is 4.85. The van der Waals surface area contributed by atoms with E-state index in [1.165, 1.54) is 11.1 Å². The first-order chi connectivity index (χ1) is 9.11. The third-order valence-electron chi connectivity index (χ3n) is 3.97. The number of ether oxygens (including phenoxy) is 1. The molecule has 1 atom stereocenters. The number of nitrogens with two attached hydrogens (primary N) is 1. The topological polar surface area (TPSA) is 48.1 Å². The number of rotatable bonds is 1. The largest absolute Gasteiger partial charge is 0.491 e. The predicted octanol–water partition coefficient (Wildman–Crippen LogP) is 2.68. The van der Waals surface area contributed by atoms with Gasteiger partial charge in [-0.15, -0.1) is 0 Å². The van der Waals surface area contributed by atoms with Gasteiger partial charge >= 0.3 is 0 Å². The molecule has 0 spiro atoms. The molecule has 0 aliphatic carbocycles. The lowest BCUT2D eigenvalue weighted by atomic mass is 9.81. The van der Waals surface area contributed by atoms with E-state index in [0.717, 1.165) is 23.4 Å². The lowest BCUT2D eigenvalue weighted by molar-refractivity contribution is 0.232. The number of aromatic nitrogens is 1. The van der Waals surface area contributed by atoms with E-state index >= 15 is 0 Å². The Morgan fingerprint density at radius 2 is 2.05 bits per heavy atom. The molecule has 19 heavy (non-hydrogen) atoms. The van der Waals surface area contributed by atoms with Gasteiger partial charge in [-0.2, -0.15) is 0 Å². The van der Waals surface area contributed by atoms with Gasteiger partial charge in [0, 0.05) is 12.6 Å². The SMILES string of the molecule is Cc1ccc([C@@]2(N)CCOc3cccnc32)cc1C. The summed E-state index contributed by atoms with van der Waals surface area (Å²) in [4.78, 5) is 4.45. The molecule has 0 amide bonds. The number of fused-ring (bicyclic) bond motifs is 1. The molecule has 3 nitrogen and oxygen atoms in total. The van der Waals surface area contributed by atoms with Crippen molar-refractivity contribution in [3.05, 3.63) is 58.9 Å². The first-order valence-electron chi connectivity index (χ1n) is 6.56. The van der Waals surface area contributed by atoms with Crippen LogP contribution in [0, 0.1) is 13.8 Å². The number of aryl methyl sites for hydroxylation is 2. The average Bonchev–Trinajstić information content (AvgIpc) is 2.42. The van der Waals surface area contributed by atoms with Crippen LogP contribution in [0.4, 0.5) is 0 Å². The van der Waals surface area contributed by atoms with Gasteiger partial charge in [-0.25, -0.2) is 0 Å². The zero-order valence-electron chi connectivity index (χ0n) is 11.3. The predicted molar refractivity (Wildman–Crippen MR) is 75.2 cm³/mol. The van der Waals surface area contributed by atoms with E-state index in [1.807, 2.05) is 12.1 Å². The van der Waals surface area contributed by atoms with Crippen molar-refractivity contribution in [3.8, 4) is 5.75 Å². The molecule has 1 aliphatic heterocycles. The summed E-state index contributed by atoms with van der Waals surface area (Å²) >= 11 is 0. The molecule has 98 valence electrons. The lowest BCUT2D eigenvalue weighted by Gasteiger charge is -2.35. The van der Waals surface area contributed by atoms with Crippen molar-refractivity contribution in [2.24, 2.45) is 5.73 Å². The Hall–Kier alpha value is -1.87. The van der Waals surface area contributed by atoms with Crippen LogP contribution in [-0.4, -0.2) is 11.6 Å². The minimum Gasteiger partial charge on any atom is -0.491 e. The molecule has 1 aliphatic rings. The Labute approximate surface area is 113 Å². The Morgan fingerprint density at radius 1 is 1.21 bits per heavy atom. The maximum atomic E-state index is 6.67. The Balaban J connectivity index is 2.16. The molecule has 3 heteroatoms. The van der Waals surface area contributed by atoms with Crippen LogP contribution >= 0.6 is 0 Å². The molecule has 2 N–H and O–H groups in total. The number of nitrogens with zero attached hydrogens (tertiary/aromatic N) is 1. The Morgan fingerprint density at radius 3 is 2.84 bits per heavy atom. The fourth-order valence-corrected chi connectivity index (χ4v) is 2.58. The molecule has 0 saturated heterocycles. The summed E-state index contributed by atoms with van der Waals surface area (Å²) in [5.74, 6) is 0.800. The van der Waals surface area contributed by atoms with Crippen LogP contribution in [0.3, 0.4) is 0 Å². The van der Waals surface area contributed by atoms with Crippen LogP contribution in [0.2, 0.25) is 0 Å². The molecule has 2 heterocycles. The van der Waals surface area contributed by atoms with Gasteiger partial charge in [0.15, 0.2) is 0 Å². The number of hydrogen-bond acceptors (Lipinski definition) is 3. The van der Waals surface area contributed by atoms with Crippen molar-refractivity contribution in [2.75, 3.05) is 6.61 Å². The van der Waals surface area contributed by atoms with Crippen LogP contribution < -0.4 is 10.5 Å². The highest BCUT2D eigenvalue weighted by molar-refractivity contribution is 5.45. The van der Waals surface area contributed by atoms with Gasteiger partial charge in [-0.05, 0) is 42.7 Å². The zero-order chi connectivity index (χ0) is 13.5. The second-order valence-corrected chi connectivity index (χ2v) is 5.22. The fraction of sp³-hybridized carbons (Fsp3) is 0.312. The summed E-state index contributed by atoms with van der Waals surface area (Å²) in [6.07, 6.45) is 2.52. The van der Waals surface area contributed by atoms with E-state index in [-0.39, 0.29) is 0 Å². The van der Waals surface area contributed by atoms with Crippen LogP contribution in [0.25, 0.3) is 0 Å². The van der Waals surface area contributed by atoms with Crippen molar-refractivity contribution < 1.29 is 4.74 Å².